The Kier molecular flexibility index (Phi) is 4.82. The lowest BCUT2D eigenvalue weighted by Gasteiger charge is -2.09. The molecule has 2 rings (SSSR count). The molecule has 4 heteroatoms. The quantitative estimate of drug-likeness (QED) is 0.848. The van der Waals surface area contributed by atoms with Crippen molar-refractivity contribution in [2.75, 3.05) is 6.26 Å². The Morgan fingerprint density at radius 3 is 2.68 bits per heavy atom. The van der Waals surface area contributed by atoms with Gasteiger partial charge in [-0.1, -0.05) is 18.2 Å². The SMILES string of the molecule is CSc1ccccc1Oc1ccc(CC(C)N)cn1. The third-order valence-corrected chi connectivity index (χ3v) is 3.42. The van der Waals surface area contributed by atoms with Crippen molar-refractivity contribution in [3.05, 3.63) is 48.2 Å². The first-order valence-corrected chi connectivity index (χ1v) is 7.43. The zero-order chi connectivity index (χ0) is 13.7. The first-order valence-electron chi connectivity index (χ1n) is 6.20. The van der Waals surface area contributed by atoms with Crippen LogP contribution in [0.15, 0.2) is 47.5 Å². The van der Waals surface area contributed by atoms with Crippen LogP contribution in [0.2, 0.25) is 0 Å². The highest BCUT2D eigenvalue weighted by Crippen LogP contribution is 2.30. The Hall–Kier alpha value is -1.52. The minimum absolute atomic E-state index is 0.144. The molecule has 1 heterocycles. The fourth-order valence-corrected chi connectivity index (χ4v) is 2.31. The van der Waals surface area contributed by atoms with E-state index in [9.17, 15) is 0 Å². The molecule has 1 aromatic heterocycles. The minimum atomic E-state index is 0.144. The smallest absolute Gasteiger partial charge is 0.219 e. The van der Waals surface area contributed by atoms with Crippen molar-refractivity contribution in [1.29, 1.82) is 0 Å². The van der Waals surface area contributed by atoms with Gasteiger partial charge >= 0.3 is 0 Å². The molecule has 1 atom stereocenters. The van der Waals surface area contributed by atoms with E-state index in [1.165, 1.54) is 0 Å². The molecule has 0 aliphatic heterocycles. The van der Waals surface area contributed by atoms with Crippen molar-refractivity contribution in [1.82, 2.24) is 4.98 Å². The lowest BCUT2D eigenvalue weighted by atomic mass is 10.1. The Labute approximate surface area is 118 Å². The number of thioether (sulfide) groups is 1. The van der Waals surface area contributed by atoms with Gasteiger partial charge < -0.3 is 10.5 Å². The molecule has 0 aliphatic rings. The van der Waals surface area contributed by atoms with Gasteiger partial charge in [-0.25, -0.2) is 4.98 Å². The van der Waals surface area contributed by atoms with Gasteiger partial charge in [-0.15, -0.1) is 11.8 Å². The van der Waals surface area contributed by atoms with Crippen LogP contribution in [0.1, 0.15) is 12.5 Å². The van der Waals surface area contributed by atoms with Crippen LogP contribution < -0.4 is 10.5 Å². The van der Waals surface area contributed by atoms with E-state index in [2.05, 4.69) is 4.98 Å². The molecule has 2 aromatic rings. The fraction of sp³-hybridized carbons (Fsp3) is 0.267. The molecule has 2 N–H and O–H groups in total. The molecule has 0 bridgehead atoms. The number of pyridine rings is 1. The normalized spacial score (nSPS) is 12.2. The van der Waals surface area contributed by atoms with E-state index in [4.69, 9.17) is 10.5 Å². The molecule has 0 fully saturated rings. The molecule has 0 aliphatic carbocycles. The molecule has 0 saturated heterocycles. The van der Waals surface area contributed by atoms with Gasteiger partial charge in [0.2, 0.25) is 5.88 Å². The van der Waals surface area contributed by atoms with Crippen LogP contribution in [-0.4, -0.2) is 17.3 Å². The number of ether oxygens (including phenoxy) is 1. The summed E-state index contributed by atoms with van der Waals surface area (Å²) in [6.07, 6.45) is 4.68. The van der Waals surface area contributed by atoms with Gasteiger partial charge in [-0.2, -0.15) is 0 Å². The molecule has 0 amide bonds. The van der Waals surface area contributed by atoms with Crippen LogP contribution in [0.3, 0.4) is 0 Å². The van der Waals surface area contributed by atoms with Crippen molar-refractivity contribution >= 4 is 11.8 Å². The summed E-state index contributed by atoms with van der Waals surface area (Å²) in [7, 11) is 0. The molecule has 1 aromatic carbocycles. The maximum absolute atomic E-state index is 5.80. The van der Waals surface area contributed by atoms with Crippen LogP contribution in [0, 0.1) is 0 Å². The zero-order valence-corrected chi connectivity index (χ0v) is 12.0. The fourth-order valence-electron chi connectivity index (χ4n) is 1.78. The minimum Gasteiger partial charge on any atom is -0.438 e. The topological polar surface area (TPSA) is 48.1 Å². The number of aromatic nitrogens is 1. The summed E-state index contributed by atoms with van der Waals surface area (Å²) in [6, 6.07) is 12.0. The van der Waals surface area contributed by atoms with Gasteiger partial charge in [0.1, 0.15) is 5.75 Å². The van der Waals surface area contributed by atoms with Crippen LogP contribution in [0.25, 0.3) is 0 Å². The molecule has 3 nitrogen and oxygen atoms in total. The van der Waals surface area contributed by atoms with Crippen molar-refractivity contribution in [2.24, 2.45) is 5.73 Å². The number of rotatable bonds is 5. The summed E-state index contributed by atoms with van der Waals surface area (Å²) in [5.74, 6) is 1.44. The Bertz CT molecular complexity index is 526. The van der Waals surface area contributed by atoms with E-state index in [-0.39, 0.29) is 6.04 Å². The number of para-hydroxylation sites is 1. The highest BCUT2D eigenvalue weighted by atomic mass is 32.2. The van der Waals surface area contributed by atoms with E-state index in [1.807, 2.05) is 55.8 Å². The number of nitrogens with two attached hydrogens (primary N) is 1. The summed E-state index contributed by atoms with van der Waals surface area (Å²) < 4.78 is 5.80. The predicted molar refractivity (Wildman–Crippen MR) is 79.9 cm³/mol. The molecule has 100 valence electrons. The van der Waals surface area contributed by atoms with E-state index >= 15 is 0 Å². The predicted octanol–water partition coefficient (Wildman–Crippen LogP) is 3.49. The number of hydrogen-bond acceptors (Lipinski definition) is 4. The Balaban J connectivity index is 2.11. The van der Waals surface area contributed by atoms with Gasteiger partial charge in [0.15, 0.2) is 0 Å². The number of nitrogens with zero attached hydrogens (tertiary/aromatic N) is 1. The third kappa shape index (κ3) is 3.98. The molecule has 1 unspecified atom stereocenters. The molecule has 0 spiro atoms. The third-order valence-electron chi connectivity index (χ3n) is 2.64. The lowest BCUT2D eigenvalue weighted by Crippen LogP contribution is -2.17. The van der Waals surface area contributed by atoms with E-state index in [1.54, 1.807) is 11.8 Å². The Morgan fingerprint density at radius 2 is 2.05 bits per heavy atom. The second-order valence-corrected chi connectivity index (χ2v) is 5.29. The average Bonchev–Trinajstić information content (AvgIpc) is 2.41. The molecule has 19 heavy (non-hydrogen) atoms. The van der Waals surface area contributed by atoms with Gasteiger partial charge in [0.05, 0.1) is 0 Å². The second-order valence-electron chi connectivity index (χ2n) is 4.44. The first-order chi connectivity index (χ1) is 9.19. The molecular formula is C15H18N2OS. The largest absolute Gasteiger partial charge is 0.438 e. The highest BCUT2D eigenvalue weighted by molar-refractivity contribution is 7.98. The van der Waals surface area contributed by atoms with E-state index in [0.29, 0.717) is 5.88 Å². The van der Waals surface area contributed by atoms with Crippen molar-refractivity contribution < 1.29 is 4.74 Å². The zero-order valence-electron chi connectivity index (χ0n) is 11.2. The maximum Gasteiger partial charge on any atom is 0.219 e. The maximum atomic E-state index is 5.80. The van der Waals surface area contributed by atoms with Crippen LogP contribution >= 0.6 is 11.8 Å². The molecule has 0 saturated carbocycles. The summed E-state index contributed by atoms with van der Waals surface area (Å²) in [5, 5.41) is 0. The lowest BCUT2D eigenvalue weighted by molar-refractivity contribution is 0.451. The Morgan fingerprint density at radius 1 is 1.26 bits per heavy atom. The number of hydrogen-bond donors (Lipinski definition) is 1. The van der Waals surface area contributed by atoms with E-state index < -0.39 is 0 Å². The highest BCUT2D eigenvalue weighted by Gasteiger charge is 2.05. The van der Waals surface area contributed by atoms with Gasteiger partial charge in [0, 0.05) is 23.2 Å². The van der Waals surface area contributed by atoms with Crippen LogP contribution in [0.5, 0.6) is 11.6 Å². The second kappa shape index (κ2) is 6.59. The first kappa shape index (κ1) is 13.9. The molecule has 0 radical (unpaired) electrons. The summed E-state index contributed by atoms with van der Waals surface area (Å²) >= 11 is 1.66. The van der Waals surface area contributed by atoms with Gasteiger partial charge in [0.25, 0.3) is 0 Å². The van der Waals surface area contributed by atoms with Crippen molar-refractivity contribution in [3.8, 4) is 11.6 Å². The van der Waals surface area contributed by atoms with Gasteiger partial charge in [-0.3, -0.25) is 0 Å². The summed E-state index contributed by atoms with van der Waals surface area (Å²) in [4.78, 5) is 5.42. The molecular weight excluding hydrogens is 256 g/mol. The average molecular weight is 274 g/mol. The van der Waals surface area contributed by atoms with Gasteiger partial charge in [-0.05, 0) is 37.3 Å². The van der Waals surface area contributed by atoms with Crippen molar-refractivity contribution in [3.63, 3.8) is 0 Å². The number of benzene rings is 1. The van der Waals surface area contributed by atoms with E-state index in [0.717, 1.165) is 22.6 Å². The van der Waals surface area contributed by atoms with Crippen molar-refractivity contribution in [2.45, 2.75) is 24.3 Å². The van der Waals surface area contributed by atoms with Crippen LogP contribution in [0.4, 0.5) is 0 Å². The summed E-state index contributed by atoms with van der Waals surface area (Å²) in [5.41, 5.74) is 6.89. The monoisotopic (exact) mass is 274 g/mol. The standard InChI is InChI=1S/C15H18N2OS/c1-11(16)9-12-7-8-15(17-10-12)18-13-5-3-4-6-14(13)19-2/h3-8,10-11H,9,16H2,1-2H3. The van der Waals surface area contributed by atoms with Crippen LogP contribution in [-0.2, 0) is 6.42 Å². The summed E-state index contributed by atoms with van der Waals surface area (Å²) in [6.45, 7) is 1.99.